The Labute approximate surface area is 133 Å². The number of halogens is 1. The zero-order valence-corrected chi connectivity index (χ0v) is 13.8. The van der Waals surface area contributed by atoms with Gasteiger partial charge < -0.3 is 10.0 Å². The van der Waals surface area contributed by atoms with Gasteiger partial charge in [-0.1, -0.05) is 35.8 Å². The van der Waals surface area contributed by atoms with Gasteiger partial charge in [0.25, 0.3) is 0 Å². The zero-order valence-electron chi connectivity index (χ0n) is 12.2. The fraction of sp³-hybridized carbons (Fsp3) is 0.375. The predicted octanol–water partition coefficient (Wildman–Crippen LogP) is 3.92. The Morgan fingerprint density at radius 3 is 2.76 bits per heavy atom. The third-order valence-electron chi connectivity index (χ3n) is 2.83. The van der Waals surface area contributed by atoms with Crippen molar-refractivity contribution in [3.05, 3.63) is 34.3 Å². The van der Waals surface area contributed by atoms with Crippen molar-refractivity contribution in [2.24, 2.45) is 5.92 Å². The van der Waals surface area contributed by atoms with Gasteiger partial charge in [0.05, 0.1) is 12.5 Å². The van der Waals surface area contributed by atoms with Gasteiger partial charge >= 0.3 is 5.97 Å². The van der Waals surface area contributed by atoms with E-state index in [2.05, 4.69) is 40.7 Å². The molecule has 0 aliphatic rings. The number of carbonyl (C=O) groups is 1. The molecule has 0 spiro atoms. The quantitative estimate of drug-likeness (QED) is 0.756. The van der Waals surface area contributed by atoms with Gasteiger partial charge in [0.1, 0.15) is 0 Å². The Bertz CT molecular complexity index is 562. The van der Waals surface area contributed by atoms with E-state index in [9.17, 15) is 4.79 Å². The Kier molecular flexibility index (Phi) is 6.97. The summed E-state index contributed by atoms with van der Waals surface area (Å²) in [5, 5.41) is 17.4. The Morgan fingerprint density at radius 1 is 1.52 bits per heavy atom. The molecule has 0 unspecified atom stereocenters. The second-order valence-corrected chi connectivity index (χ2v) is 5.98. The van der Waals surface area contributed by atoms with Crippen LogP contribution in [0.5, 0.6) is 0 Å². The molecule has 0 aromatic heterocycles. The van der Waals surface area contributed by atoms with Gasteiger partial charge in [-0.2, -0.15) is 5.26 Å². The van der Waals surface area contributed by atoms with Gasteiger partial charge in [-0.25, -0.2) is 4.79 Å². The summed E-state index contributed by atoms with van der Waals surface area (Å²) >= 11 is 3.46. The van der Waals surface area contributed by atoms with Crippen LogP contribution in [0.15, 0.2) is 28.7 Å². The summed E-state index contributed by atoms with van der Waals surface area (Å²) < 4.78 is 0.836. The molecule has 21 heavy (non-hydrogen) atoms. The van der Waals surface area contributed by atoms with Crippen LogP contribution in [0.2, 0.25) is 0 Å². The van der Waals surface area contributed by atoms with E-state index in [0.29, 0.717) is 18.9 Å². The fourth-order valence-electron chi connectivity index (χ4n) is 1.96. The summed E-state index contributed by atoms with van der Waals surface area (Å²) in [5.41, 5.74) is 1.84. The maximum atomic E-state index is 10.6. The smallest absolute Gasteiger partial charge is 0.328 e. The monoisotopic (exact) mass is 350 g/mol. The summed E-state index contributed by atoms with van der Waals surface area (Å²) in [7, 11) is 0. The van der Waals surface area contributed by atoms with Crippen LogP contribution in [-0.2, 0) is 4.79 Å². The van der Waals surface area contributed by atoms with Gasteiger partial charge in [0.15, 0.2) is 0 Å². The predicted molar refractivity (Wildman–Crippen MR) is 88.1 cm³/mol. The lowest BCUT2D eigenvalue weighted by Crippen LogP contribution is -2.28. The number of carboxylic acids is 1. The highest BCUT2D eigenvalue weighted by Crippen LogP contribution is 2.26. The molecule has 0 bridgehead atoms. The molecular formula is C16H19BrN2O2. The summed E-state index contributed by atoms with van der Waals surface area (Å²) in [5.74, 6) is -0.476. The highest BCUT2D eigenvalue weighted by Gasteiger charge is 2.10. The van der Waals surface area contributed by atoms with Crippen LogP contribution in [0.4, 0.5) is 5.69 Å². The number of benzene rings is 1. The normalized spacial score (nSPS) is 10.8. The third kappa shape index (κ3) is 6.01. The van der Waals surface area contributed by atoms with Crippen LogP contribution in [0.1, 0.15) is 25.8 Å². The lowest BCUT2D eigenvalue weighted by atomic mass is 10.1. The second kappa shape index (κ2) is 8.48. The highest BCUT2D eigenvalue weighted by molar-refractivity contribution is 9.10. The lowest BCUT2D eigenvalue weighted by molar-refractivity contribution is -0.131. The average Bonchev–Trinajstić information content (AvgIpc) is 2.41. The first-order valence-electron chi connectivity index (χ1n) is 6.76. The molecule has 0 aliphatic carbocycles. The van der Waals surface area contributed by atoms with Crippen molar-refractivity contribution in [3.8, 4) is 6.07 Å². The first-order chi connectivity index (χ1) is 9.93. The van der Waals surface area contributed by atoms with Crippen molar-refractivity contribution in [1.82, 2.24) is 0 Å². The number of nitriles is 1. The molecule has 0 amide bonds. The number of rotatable bonds is 7. The second-order valence-electron chi connectivity index (χ2n) is 5.13. The van der Waals surface area contributed by atoms with E-state index in [1.807, 2.05) is 18.2 Å². The first kappa shape index (κ1) is 17.3. The van der Waals surface area contributed by atoms with Crippen LogP contribution < -0.4 is 4.90 Å². The van der Waals surface area contributed by atoms with Gasteiger partial charge in [0.2, 0.25) is 0 Å². The van der Waals surface area contributed by atoms with Crippen molar-refractivity contribution in [1.29, 1.82) is 5.26 Å². The number of carboxylic acid groups (broad SMARTS) is 1. The summed E-state index contributed by atoms with van der Waals surface area (Å²) in [6.07, 6.45) is 3.14. The van der Waals surface area contributed by atoms with E-state index < -0.39 is 5.97 Å². The largest absolute Gasteiger partial charge is 0.478 e. The molecule has 0 radical (unpaired) electrons. The maximum absolute atomic E-state index is 10.6. The molecule has 0 saturated carbocycles. The number of anilines is 1. The number of hydrogen-bond acceptors (Lipinski definition) is 3. The molecule has 1 aromatic carbocycles. The van der Waals surface area contributed by atoms with E-state index in [4.69, 9.17) is 10.4 Å². The van der Waals surface area contributed by atoms with Crippen molar-refractivity contribution in [2.75, 3.05) is 18.0 Å². The van der Waals surface area contributed by atoms with Gasteiger partial charge in [-0.15, -0.1) is 0 Å². The van der Waals surface area contributed by atoms with E-state index in [1.54, 1.807) is 6.08 Å². The van der Waals surface area contributed by atoms with Crippen molar-refractivity contribution in [3.63, 3.8) is 0 Å². The van der Waals surface area contributed by atoms with Gasteiger partial charge in [-0.05, 0) is 29.7 Å². The number of hydrogen-bond donors (Lipinski definition) is 1. The Morgan fingerprint density at radius 2 is 2.24 bits per heavy atom. The molecule has 0 aliphatic heterocycles. The maximum Gasteiger partial charge on any atom is 0.328 e. The van der Waals surface area contributed by atoms with Crippen LogP contribution in [0.3, 0.4) is 0 Å². The molecular weight excluding hydrogens is 332 g/mol. The Balaban J connectivity index is 2.97. The summed E-state index contributed by atoms with van der Waals surface area (Å²) in [4.78, 5) is 12.7. The van der Waals surface area contributed by atoms with E-state index in [0.717, 1.165) is 28.3 Å². The van der Waals surface area contributed by atoms with Crippen LogP contribution in [-0.4, -0.2) is 24.2 Å². The van der Waals surface area contributed by atoms with E-state index >= 15 is 0 Å². The molecule has 1 N–H and O–H groups in total. The molecule has 4 nitrogen and oxygen atoms in total. The minimum atomic E-state index is -0.971. The molecule has 0 heterocycles. The molecule has 0 fully saturated rings. The molecule has 112 valence electrons. The van der Waals surface area contributed by atoms with Crippen LogP contribution in [0.25, 0.3) is 6.08 Å². The molecule has 1 aromatic rings. The first-order valence-corrected chi connectivity index (χ1v) is 7.55. The third-order valence-corrected chi connectivity index (χ3v) is 3.52. The number of aliphatic carboxylic acids is 1. The van der Waals surface area contributed by atoms with Gasteiger partial charge in [-0.3, -0.25) is 0 Å². The fourth-order valence-corrected chi connectivity index (χ4v) is 2.46. The highest BCUT2D eigenvalue weighted by atomic mass is 79.9. The van der Waals surface area contributed by atoms with Crippen LogP contribution in [0, 0.1) is 17.2 Å². The molecule has 1 rings (SSSR count). The molecule has 0 saturated heterocycles. The SMILES string of the molecule is CC(C)CN(CCC#N)c1ccc(/C=C/C(=O)O)c(Br)c1. The Hall–Kier alpha value is -1.80. The van der Waals surface area contributed by atoms with Gasteiger partial charge in [0, 0.05) is 29.3 Å². The lowest BCUT2D eigenvalue weighted by Gasteiger charge is -2.26. The van der Waals surface area contributed by atoms with E-state index in [-0.39, 0.29) is 0 Å². The standard InChI is InChI=1S/C16H19BrN2O2/c1-12(2)11-19(9-3-8-18)14-6-4-13(15(17)10-14)5-7-16(20)21/h4-7,10,12H,3,9,11H2,1-2H3,(H,20,21)/b7-5+. The topological polar surface area (TPSA) is 64.3 Å². The minimum Gasteiger partial charge on any atom is -0.478 e. The average molecular weight is 351 g/mol. The summed E-state index contributed by atoms with van der Waals surface area (Å²) in [6.45, 7) is 5.83. The van der Waals surface area contributed by atoms with Crippen LogP contribution >= 0.6 is 15.9 Å². The summed E-state index contributed by atoms with van der Waals surface area (Å²) in [6, 6.07) is 7.95. The van der Waals surface area contributed by atoms with Crippen molar-refractivity contribution < 1.29 is 9.90 Å². The number of nitrogens with zero attached hydrogens (tertiary/aromatic N) is 2. The van der Waals surface area contributed by atoms with Crippen molar-refractivity contribution in [2.45, 2.75) is 20.3 Å². The molecule has 0 atom stereocenters. The minimum absolute atomic E-state index is 0.477. The molecule has 5 heteroatoms. The van der Waals surface area contributed by atoms with Crippen molar-refractivity contribution >= 4 is 33.7 Å². The zero-order chi connectivity index (χ0) is 15.8. The van der Waals surface area contributed by atoms with E-state index in [1.165, 1.54) is 0 Å².